The van der Waals surface area contributed by atoms with E-state index in [1.165, 1.54) is 6.42 Å². The van der Waals surface area contributed by atoms with Gasteiger partial charge in [-0.1, -0.05) is 84.9 Å². The Kier molecular flexibility index (Phi) is 46.7. The van der Waals surface area contributed by atoms with Crippen LogP contribution in [-0.2, 0) is 0 Å². The fourth-order valence-corrected chi connectivity index (χ4v) is 0.336. The number of rotatable bonds is 2. The number of hydrogen-bond donors (Lipinski definition) is 0. The van der Waals surface area contributed by atoms with Crippen molar-refractivity contribution in [3.8, 4) is 0 Å². The van der Waals surface area contributed by atoms with Gasteiger partial charge in [0.25, 0.3) is 0 Å². The fraction of sp³-hybridized carbons (Fsp3) is 0.571. The van der Waals surface area contributed by atoms with Crippen LogP contribution in [0.1, 0.15) is 54.9 Å². The lowest BCUT2D eigenvalue weighted by Crippen LogP contribution is -1.68. The van der Waals surface area contributed by atoms with Crippen molar-refractivity contribution in [2.75, 3.05) is 0 Å². The summed E-state index contributed by atoms with van der Waals surface area (Å²) >= 11 is 5.61. The summed E-state index contributed by atoms with van der Waals surface area (Å²) in [6.07, 6.45) is 4.54. The van der Waals surface area contributed by atoms with Gasteiger partial charge in [-0.2, -0.15) is 0 Å². The molecule has 0 aromatic carbocycles. The third-order valence-electron chi connectivity index (χ3n) is 0.862. The summed E-state index contributed by atoms with van der Waals surface area (Å²) in [5.74, 6) is 0. The van der Waals surface area contributed by atoms with Gasteiger partial charge in [0.15, 0.2) is 0 Å². The molecule has 0 saturated heterocycles. The molecule has 0 aromatic heterocycles. The maximum atomic E-state index is 5.61. The van der Waals surface area contributed by atoms with Gasteiger partial charge < -0.3 is 0 Å². The van der Waals surface area contributed by atoms with E-state index in [0.29, 0.717) is 5.03 Å². The molecule has 0 aromatic rings. The van der Waals surface area contributed by atoms with Gasteiger partial charge in [0.05, 0.1) is 0 Å². The van der Waals surface area contributed by atoms with Gasteiger partial charge in [-0.25, -0.2) is 0 Å². The first-order valence-electron chi connectivity index (χ1n) is 5.75. The van der Waals surface area contributed by atoms with E-state index in [2.05, 4.69) is 27.0 Å². The Hall–Kier alpha value is -0.490. The Morgan fingerprint density at radius 3 is 1.33 bits per heavy atom. The summed E-state index contributed by atoms with van der Waals surface area (Å²) in [4.78, 5) is 0. The first-order valence-corrected chi connectivity index (χ1v) is 6.13. The van der Waals surface area contributed by atoms with Crippen molar-refractivity contribution < 1.29 is 0 Å². The van der Waals surface area contributed by atoms with E-state index in [4.69, 9.17) is 11.6 Å². The third-order valence-corrected chi connectivity index (χ3v) is 1.31. The molecule has 0 N–H and O–H groups in total. The van der Waals surface area contributed by atoms with Gasteiger partial charge >= 0.3 is 0 Å². The molecule has 0 saturated carbocycles. The number of allylic oxidation sites excluding steroid dienone is 4. The van der Waals surface area contributed by atoms with Gasteiger partial charge in [-0.05, 0) is 12.5 Å². The van der Waals surface area contributed by atoms with Gasteiger partial charge in [0.2, 0.25) is 0 Å². The number of halogens is 1. The smallest absolute Gasteiger partial charge is 0.0429 e. The van der Waals surface area contributed by atoms with Gasteiger partial charge in [0, 0.05) is 5.03 Å². The highest BCUT2D eigenvalue weighted by molar-refractivity contribution is 6.31. The average molecular weight is 233 g/mol. The van der Waals surface area contributed by atoms with Crippen molar-refractivity contribution in [2.24, 2.45) is 0 Å². The fourth-order valence-electron chi connectivity index (χ4n) is 0.258. The molecule has 0 atom stereocenters. The molecule has 1 heteroatoms. The summed E-state index contributed by atoms with van der Waals surface area (Å²) in [6.45, 7) is 21.2. The Morgan fingerprint density at radius 2 is 1.27 bits per heavy atom. The molecule has 0 nitrogen and oxygen atoms in total. The summed E-state index contributed by atoms with van der Waals surface area (Å²) in [5, 5.41) is 0.667. The Balaban J connectivity index is -0.0000000726. The zero-order valence-corrected chi connectivity index (χ0v) is 12.4. The highest BCUT2D eigenvalue weighted by Crippen LogP contribution is 2.09. The van der Waals surface area contributed by atoms with Crippen LogP contribution in [0, 0.1) is 0 Å². The average Bonchev–Trinajstić information content (AvgIpc) is 2.33. The van der Waals surface area contributed by atoms with Crippen LogP contribution in [0.3, 0.4) is 0 Å². The highest BCUT2D eigenvalue weighted by Gasteiger charge is 1.85. The van der Waals surface area contributed by atoms with E-state index in [9.17, 15) is 0 Å². The quantitative estimate of drug-likeness (QED) is 0.488. The molecule has 0 unspecified atom stereocenters. The largest absolute Gasteiger partial charge is 0.0987 e. The molecule has 0 amide bonds. The lowest BCUT2D eigenvalue weighted by Gasteiger charge is -1.89. The molecule has 0 spiro atoms. The maximum absolute atomic E-state index is 5.61. The predicted molar refractivity (Wildman–Crippen MR) is 77.6 cm³/mol. The molecule has 92 valence electrons. The Labute approximate surface area is 103 Å². The lowest BCUT2D eigenvalue weighted by molar-refractivity contribution is 1.09. The van der Waals surface area contributed by atoms with Crippen LogP contribution in [0.15, 0.2) is 35.9 Å². The van der Waals surface area contributed by atoms with Crippen LogP contribution < -0.4 is 0 Å². The molecular weight excluding hydrogens is 204 g/mol. The van der Waals surface area contributed by atoms with Crippen LogP contribution in [0.2, 0.25) is 0 Å². The summed E-state index contributed by atoms with van der Waals surface area (Å²) in [6, 6.07) is 0. The Bertz CT molecular complexity index is 127. The normalized spacial score (nSPS) is 8.53. The maximum Gasteiger partial charge on any atom is 0.0429 e. The second kappa shape index (κ2) is 29.2. The van der Waals surface area contributed by atoms with E-state index in [1.807, 2.05) is 34.6 Å². The predicted octanol–water partition coefficient (Wildman–Crippen LogP) is 6.34. The molecule has 0 radical (unpaired) electrons. The second-order valence-corrected chi connectivity index (χ2v) is 2.55. The first-order chi connectivity index (χ1) is 7.13. The van der Waals surface area contributed by atoms with Crippen molar-refractivity contribution in [2.45, 2.75) is 54.9 Å². The standard InChI is InChI=1S/C7H9Cl.C3H8.2C2H6/c1-4-6(3)7(8)5-2;1-3-2;2*1-2/h4-5H,1-2H2,3H3;3H2,1-2H3;2*1-2H3/b7-6+;;;. The Morgan fingerprint density at radius 1 is 1.00 bits per heavy atom. The highest BCUT2D eigenvalue weighted by atomic mass is 35.5. The van der Waals surface area contributed by atoms with Crippen molar-refractivity contribution >= 4 is 11.6 Å². The zero-order chi connectivity index (χ0) is 13.3. The molecule has 0 aliphatic carbocycles. The van der Waals surface area contributed by atoms with Crippen molar-refractivity contribution in [1.29, 1.82) is 0 Å². The van der Waals surface area contributed by atoms with Crippen LogP contribution in [-0.4, -0.2) is 0 Å². The summed E-state index contributed by atoms with van der Waals surface area (Å²) < 4.78 is 0. The molecule has 0 bridgehead atoms. The minimum Gasteiger partial charge on any atom is -0.0987 e. The van der Waals surface area contributed by atoms with Crippen molar-refractivity contribution in [3.05, 3.63) is 35.9 Å². The topological polar surface area (TPSA) is 0 Å². The SMILES string of the molecule is C=C/C(C)=C(/Cl)C=C.CC.CC.CCC. The van der Waals surface area contributed by atoms with Gasteiger partial charge in [0.1, 0.15) is 0 Å². The second-order valence-electron chi connectivity index (χ2n) is 2.15. The van der Waals surface area contributed by atoms with E-state index >= 15 is 0 Å². The third kappa shape index (κ3) is 31.7. The van der Waals surface area contributed by atoms with E-state index in [1.54, 1.807) is 12.2 Å². The van der Waals surface area contributed by atoms with E-state index < -0.39 is 0 Å². The zero-order valence-electron chi connectivity index (χ0n) is 11.7. The van der Waals surface area contributed by atoms with E-state index in [0.717, 1.165) is 5.57 Å². The van der Waals surface area contributed by atoms with E-state index in [-0.39, 0.29) is 0 Å². The van der Waals surface area contributed by atoms with Crippen molar-refractivity contribution in [3.63, 3.8) is 0 Å². The van der Waals surface area contributed by atoms with Gasteiger partial charge in [-0.3, -0.25) is 0 Å². The first kappa shape index (κ1) is 24.0. The minimum absolute atomic E-state index is 0.667. The number of hydrogen-bond acceptors (Lipinski definition) is 0. The summed E-state index contributed by atoms with van der Waals surface area (Å²) in [7, 11) is 0. The molecule has 0 fully saturated rings. The molecule has 0 aliphatic rings. The van der Waals surface area contributed by atoms with Crippen LogP contribution >= 0.6 is 11.6 Å². The molecule has 15 heavy (non-hydrogen) atoms. The van der Waals surface area contributed by atoms with Gasteiger partial charge in [-0.15, -0.1) is 0 Å². The van der Waals surface area contributed by atoms with Crippen molar-refractivity contribution in [1.82, 2.24) is 0 Å². The van der Waals surface area contributed by atoms with Crippen LogP contribution in [0.25, 0.3) is 0 Å². The lowest BCUT2D eigenvalue weighted by atomic mass is 10.3. The molecule has 0 aliphatic heterocycles. The van der Waals surface area contributed by atoms with Crippen LogP contribution in [0.5, 0.6) is 0 Å². The molecule has 0 rings (SSSR count). The monoisotopic (exact) mass is 232 g/mol. The summed E-state index contributed by atoms with van der Waals surface area (Å²) in [5.41, 5.74) is 0.960. The molecule has 0 heterocycles. The minimum atomic E-state index is 0.667. The molecular formula is C14H29Cl. The van der Waals surface area contributed by atoms with Crippen LogP contribution in [0.4, 0.5) is 0 Å².